The molecule has 0 spiro atoms. The Balaban J connectivity index is 2.15. The minimum Gasteiger partial charge on any atom is -0.323 e. The Kier molecular flexibility index (Phi) is 4.93. The van der Waals surface area contributed by atoms with Crippen LogP contribution in [0.4, 0.5) is 0 Å². The zero-order chi connectivity index (χ0) is 9.52. The fraction of sp³-hybridized carbons (Fsp3) is 0.778. The molecular formula is C9H17N3S. The van der Waals surface area contributed by atoms with Gasteiger partial charge in [-0.3, -0.25) is 0 Å². The lowest BCUT2D eigenvalue weighted by atomic mass is 10.1. The van der Waals surface area contributed by atoms with Crippen LogP contribution in [0.25, 0.3) is 0 Å². The third-order valence-electron chi connectivity index (χ3n) is 2.13. The summed E-state index contributed by atoms with van der Waals surface area (Å²) in [7, 11) is 0. The zero-order valence-corrected chi connectivity index (χ0v) is 8.89. The molecule has 1 atom stereocenters. The molecule has 1 aromatic heterocycles. The van der Waals surface area contributed by atoms with Crippen LogP contribution in [0, 0.1) is 0 Å². The second-order valence-electron chi connectivity index (χ2n) is 3.29. The van der Waals surface area contributed by atoms with E-state index in [1.165, 1.54) is 37.4 Å². The normalized spacial score (nSPS) is 13.1. The summed E-state index contributed by atoms with van der Waals surface area (Å²) < 4.78 is 8.06. The molecule has 0 aliphatic rings. The Hall–Kier alpha value is -0.480. The molecule has 4 heteroatoms. The standard InChI is InChI=1S/C9H17N3S/c1-2-3-4-5-6-8(10)9-7-11-13-12-9/h7-8H,2-6,10H2,1H3. The van der Waals surface area contributed by atoms with Gasteiger partial charge in [0.05, 0.1) is 23.6 Å². The highest BCUT2D eigenvalue weighted by Crippen LogP contribution is 2.15. The zero-order valence-electron chi connectivity index (χ0n) is 8.07. The fourth-order valence-corrected chi connectivity index (χ4v) is 1.75. The smallest absolute Gasteiger partial charge is 0.0910 e. The maximum atomic E-state index is 5.93. The van der Waals surface area contributed by atoms with Crippen molar-refractivity contribution in [1.29, 1.82) is 0 Å². The lowest BCUT2D eigenvalue weighted by Crippen LogP contribution is -2.10. The monoisotopic (exact) mass is 199 g/mol. The third kappa shape index (κ3) is 3.83. The molecule has 1 unspecified atom stereocenters. The van der Waals surface area contributed by atoms with E-state index in [0.29, 0.717) is 0 Å². The van der Waals surface area contributed by atoms with Crippen LogP contribution >= 0.6 is 11.7 Å². The van der Waals surface area contributed by atoms with Gasteiger partial charge in [-0.05, 0) is 6.42 Å². The maximum Gasteiger partial charge on any atom is 0.0910 e. The molecule has 0 saturated carbocycles. The van der Waals surface area contributed by atoms with Gasteiger partial charge in [0.25, 0.3) is 0 Å². The summed E-state index contributed by atoms with van der Waals surface area (Å²) in [4.78, 5) is 0. The molecule has 0 amide bonds. The number of nitrogens with two attached hydrogens (primary N) is 1. The van der Waals surface area contributed by atoms with Crippen LogP contribution in [0.3, 0.4) is 0 Å². The molecular weight excluding hydrogens is 182 g/mol. The Morgan fingerprint density at radius 1 is 1.46 bits per heavy atom. The topological polar surface area (TPSA) is 51.8 Å². The second kappa shape index (κ2) is 6.05. The number of nitrogens with zero attached hydrogens (tertiary/aromatic N) is 2. The summed E-state index contributed by atoms with van der Waals surface area (Å²) in [6, 6.07) is 0.0932. The van der Waals surface area contributed by atoms with Crippen molar-refractivity contribution in [2.75, 3.05) is 0 Å². The van der Waals surface area contributed by atoms with Crippen LogP contribution in [-0.2, 0) is 0 Å². The summed E-state index contributed by atoms with van der Waals surface area (Å²) in [5.41, 5.74) is 6.87. The van der Waals surface area contributed by atoms with Crippen LogP contribution in [0.15, 0.2) is 6.20 Å². The van der Waals surface area contributed by atoms with E-state index in [-0.39, 0.29) is 6.04 Å². The molecule has 0 fully saturated rings. The first-order chi connectivity index (χ1) is 6.34. The van der Waals surface area contributed by atoms with Crippen LogP contribution < -0.4 is 5.73 Å². The predicted molar refractivity (Wildman–Crippen MR) is 55.6 cm³/mol. The van der Waals surface area contributed by atoms with Crippen molar-refractivity contribution >= 4 is 11.7 Å². The second-order valence-corrected chi connectivity index (χ2v) is 3.84. The molecule has 3 nitrogen and oxygen atoms in total. The van der Waals surface area contributed by atoms with Crippen LogP contribution in [0.1, 0.15) is 50.8 Å². The van der Waals surface area contributed by atoms with E-state index in [4.69, 9.17) is 5.73 Å². The van der Waals surface area contributed by atoms with E-state index in [2.05, 4.69) is 15.7 Å². The van der Waals surface area contributed by atoms with E-state index in [1.807, 2.05) is 0 Å². The van der Waals surface area contributed by atoms with Gasteiger partial charge < -0.3 is 5.73 Å². The van der Waals surface area contributed by atoms with Gasteiger partial charge in [-0.1, -0.05) is 32.6 Å². The molecule has 0 aliphatic heterocycles. The van der Waals surface area contributed by atoms with E-state index in [0.717, 1.165) is 12.1 Å². The number of unbranched alkanes of at least 4 members (excludes halogenated alkanes) is 3. The average Bonchev–Trinajstić information content (AvgIpc) is 2.65. The summed E-state index contributed by atoms with van der Waals surface area (Å²) in [5.74, 6) is 0. The summed E-state index contributed by atoms with van der Waals surface area (Å²) >= 11 is 1.23. The van der Waals surface area contributed by atoms with E-state index >= 15 is 0 Å². The Morgan fingerprint density at radius 2 is 2.31 bits per heavy atom. The van der Waals surface area contributed by atoms with Crippen molar-refractivity contribution in [3.05, 3.63) is 11.9 Å². The number of hydrogen-bond acceptors (Lipinski definition) is 4. The van der Waals surface area contributed by atoms with Gasteiger partial charge in [0, 0.05) is 6.04 Å². The highest BCUT2D eigenvalue weighted by atomic mass is 32.1. The highest BCUT2D eigenvalue weighted by Gasteiger charge is 2.07. The number of hydrogen-bond donors (Lipinski definition) is 1. The van der Waals surface area contributed by atoms with E-state index < -0.39 is 0 Å². The van der Waals surface area contributed by atoms with Gasteiger partial charge >= 0.3 is 0 Å². The van der Waals surface area contributed by atoms with Crippen LogP contribution in [0.2, 0.25) is 0 Å². The summed E-state index contributed by atoms with van der Waals surface area (Å²) in [6.07, 6.45) is 7.87. The van der Waals surface area contributed by atoms with E-state index in [9.17, 15) is 0 Å². The van der Waals surface area contributed by atoms with Gasteiger partial charge in [0.2, 0.25) is 0 Å². The summed E-state index contributed by atoms with van der Waals surface area (Å²) in [5, 5.41) is 0. The molecule has 1 heterocycles. The largest absolute Gasteiger partial charge is 0.323 e. The molecule has 0 aliphatic carbocycles. The van der Waals surface area contributed by atoms with Gasteiger partial charge in [-0.25, -0.2) is 0 Å². The molecule has 1 rings (SSSR count). The average molecular weight is 199 g/mol. The van der Waals surface area contributed by atoms with Crippen molar-refractivity contribution < 1.29 is 0 Å². The van der Waals surface area contributed by atoms with Gasteiger partial charge in [0.1, 0.15) is 0 Å². The first-order valence-electron chi connectivity index (χ1n) is 4.87. The Morgan fingerprint density at radius 3 is 2.92 bits per heavy atom. The molecule has 2 N–H and O–H groups in total. The van der Waals surface area contributed by atoms with Crippen molar-refractivity contribution in [1.82, 2.24) is 8.75 Å². The molecule has 0 saturated heterocycles. The first kappa shape index (κ1) is 10.6. The minimum atomic E-state index is 0.0932. The molecule has 0 aromatic carbocycles. The van der Waals surface area contributed by atoms with Crippen molar-refractivity contribution in [3.8, 4) is 0 Å². The highest BCUT2D eigenvalue weighted by molar-refractivity contribution is 6.99. The lowest BCUT2D eigenvalue weighted by Gasteiger charge is -2.06. The number of rotatable bonds is 6. The van der Waals surface area contributed by atoms with Gasteiger partial charge in [-0.15, -0.1) is 0 Å². The van der Waals surface area contributed by atoms with Gasteiger partial charge in [-0.2, -0.15) is 8.75 Å². The summed E-state index contributed by atoms with van der Waals surface area (Å²) in [6.45, 7) is 2.21. The molecule has 0 radical (unpaired) electrons. The van der Waals surface area contributed by atoms with Gasteiger partial charge in [0.15, 0.2) is 0 Å². The van der Waals surface area contributed by atoms with Crippen molar-refractivity contribution in [2.45, 2.75) is 45.1 Å². The fourth-order valence-electron chi connectivity index (χ4n) is 1.27. The molecule has 13 heavy (non-hydrogen) atoms. The van der Waals surface area contributed by atoms with Crippen LogP contribution in [-0.4, -0.2) is 8.75 Å². The third-order valence-corrected chi connectivity index (χ3v) is 2.62. The maximum absolute atomic E-state index is 5.93. The van der Waals surface area contributed by atoms with E-state index in [1.54, 1.807) is 6.20 Å². The lowest BCUT2D eigenvalue weighted by molar-refractivity contribution is 0.560. The van der Waals surface area contributed by atoms with Crippen molar-refractivity contribution in [2.24, 2.45) is 5.73 Å². The first-order valence-corrected chi connectivity index (χ1v) is 5.60. The molecule has 1 aromatic rings. The quantitative estimate of drug-likeness (QED) is 0.716. The van der Waals surface area contributed by atoms with Crippen molar-refractivity contribution in [3.63, 3.8) is 0 Å². The SMILES string of the molecule is CCCCCCC(N)c1cnsn1. The molecule has 0 bridgehead atoms. The Labute approximate surface area is 83.7 Å². The molecule has 74 valence electrons. The minimum absolute atomic E-state index is 0.0932. The number of aromatic nitrogens is 2. The van der Waals surface area contributed by atoms with Crippen LogP contribution in [0.5, 0.6) is 0 Å². The predicted octanol–water partition coefficient (Wildman–Crippen LogP) is 2.51. The Bertz CT molecular complexity index is 211.